The van der Waals surface area contributed by atoms with Crippen molar-refractivity contribution in [3.63, 3.8) is 0 Å². The summed E-state index contributed by atoms with van der Waals surface area (Å²) in [5.41, 5.74) is 0.763. The molecule has 2 aromatic rings. The van der Waals surface area contributed by atoms with Crippen LogP contribution in [0.25, 0.3) is 11.3 Å². The number of likely N-dealkylation sites (tertiary alicyclic amines) is 1. The largest absolute Gasteiger partial charge is 0.468 e. The molecule has 1 N–H and O–H groups in total. The van der Waals surface area contributed by atoms with E-state index in [1.807, 2.05) is 18.2 Å². The van der Waals surface area contributed by atoms with E-state index in [4.69, 9.17) is 20.8 Å². The fourth-order valence-electron chi connectivity index (χ4n) is 2.78. The normalized spacial score (nSPS) is 21.5. The third kappa shape index (κ3) is 3.39. The Kier molecular flexibility index (Phi) is 4.66. The lowest BCUT2D eigenvalue weighted by Gasteiger charge is -2.19. The molecular weight excluding hydrogens is 320 g/mol. The molecule has 0 amide bonds. The molecule has 0 unspecified atom stereocenters. The Morgan fingerprint density at radius 2 is 2.30 bits per heavy atom. The number of hydrogen-bond donors (Lipinski definition) is 1. The second-order valence-electron chi connectivity index (χ2n) is 5.46. The van der Waals surface area contributed by atoms with Crippen LogP contribution in [0.4, 0.5) is 0 Å². The van der Waals surface area contributed by atoms with Crippen LogP contribution in [0.1, 0.15) is 12.3 Å². The van der Waals surface area contributed by atoms with Crippen molar-refractivity contribution in [2.24, 2.45) is 0 Å². The molecule has 0 saturated carbocycles. The summed E-state index contributed by atoms with van der Waals surface area (Å²) < 4.78 is 10.5. The number of benzene rings is 1. The van der Waals surface area contributed by atoms with Gasteiger partial charge in [-0.25, -0.2) is 4.98 Å². The maximum atomic E-state index is 11.8. The van der Waals surface area contributed by atoms with Gasteiger partial charge < -0.3 is 14.3 Å². The SMILES string of the molecule is COC(=O)[C@@H]1C[C@H](O)CN1Cc1ncc(-c2ccccc2Cl)o1. The number of hydrogen-bond acceptors (Lipinski definition) is 6. The molecule has 1 saturated heterocycles. The van der Waals surface area contributed by atoms with Crippen molar-refractivity contribution in [2.75, 3.05) is 13.7 Å². The topological polar surface area (TPSA) is 75.8 Å². The van der Waals surface area contributed by atoms with Crippen molar-refractivity contribution >= 4 is 17.6 Å². The quantitative estimate of drug-likeness (QED) is 0.862. The number of ether oxygens (including phenoxy) is 1. The van der Waals surface area contributed by atoms with E-state index in [0.717, 1.165) is 5.56 Å². The van der Waals surface area contributed by atoms with Crippen molar-refractivity contribution in [1.82, 2.24) is 9.88 Å². The van der Waals surface area contributed by atoms with Crippen LogP contribution in [0, 0.1) is 0 Å². The molecule has 1 aliphatic heterocycles. The summed E-state index contributed by atoms with van der Waals surface area (Å²) in [6, 6.07) is 6.86. The number of halogens is 1. The minimum Gasteiger partial charge on any atom is -0.468 e. The second-order valence-corrected chi connectivity index (χ2v) is 5.86. The maximum absolute atomic E-state index is 11.8. The minimum atomic E-state index is -0.558. The van der Waals surface area contributed by atoms with Crippen LogP contribution in [0.3, 0.4) is 0 Å². The monoisotopic (exact) mass is 336 g/mol. The highest BCUT2D eigenvalue weighted by Crippen LogP contribution is 2.29. The van der Waals surface area contributed by atoms with Gasteiger partial charge in [-0.15, -0.1) is 0 Å². The van der Waals surface area contributed by atoms with Gasteiger partial charge in [-0.1, -0.05) is 23.7 Å². The molecule has 1 aromatic carbocycles. The minimum absolute atomic E-state index is 0.321. The molecule has 0 bridgehead atoms. The van der Waals surface area contributed by atoms with Gasteiger partial charge in [0.05, 0.1) is 31.0 Å². The lowest BCUT2D eigenvalue weighted by molar-refractivity contribution is -0.146. The molecule has 1 aliphatic rings. The molecule has 7 heteroatoms. The van der Waals surface area contributed by atoms with E-state index in [1.54, 1.807) is 17.2 Å². The van der Waals surface area contributed by atoms with E-state index in [9.17, 15) is 9.90 Å². The number of esters is 1. The van der Waals surface area contributed by atoms with Gasteiger partial charge in [-0.3, -0.25) is 9.69 Å². The molecular formula is C16H17ClN2O4. The Bertz CT molecular complexity index is 703. The third-order valence-electron chi connectivity index (χ3n) is 3.89. The Morgan fingerprint density at radius 3 is 3.04 bits per heavy atom. The number of aliphatic hydroxyl groups is 1. The number of oxazole rings is 1. The zero-order chi connectivity index (χ0) is 16.4. The van der Waals surface area contributed by atoms with Crippen LogP contribution >= 0.6 is 11.6 Å². The highest BCUT2D eigenvalue weighted by molar-refractivity contribution is 6.33. The molecule has 1 fully saturated rings. The van der Waals surface area contributed by atoms with E-state index in [-0.39, 0.29) is 5.97 Å². The zero-order valence-corrected chi connectivity index (χ0v) is 13.4. The summed E-state index contributed by atoms with van der Waals surface area (Å²) in [6.07, 6.45) is 1.40. The standard InChI is InChI=1S/C16H17ClN2O4/c1-22-16(21)13-6-10(20)8-19(13)9-15-18-7-14(23-15)11-4-2-3-5-12(11)17/h2-5,7,10,13,20H,6,8-9H2,1H3/t10-,13-/m0/s1. The Labute approximate surface area is 138 Å². The molecule has 0 aliphatic carbocycles. The molecule has 23 heavy (non-hydrogen) atoms. The summed E-state index contributed by atoms with van der Waals surface area (Å²) in [6.45, 7) is 0.699. The van der Waals surface area contributed by atoms with Gasteiger partial charge in [0.25, 0.3) is 0 Å². The number of carbonyl (C=O) groups is 1. The summed E-state index contributed by atoms with van der Waals surface area (Å²) in [5, 5.41) is 10.4. The van der Waals surface area contributed by atoms with Crippen LogP contribution in [0.5, 0.6) is 0 Å². The molecule has 1 aromatic heterocycles. The highest BCUT2D eigenvalue weighted by Gasteiger charge is 2.37. The predicted octanol–water partition coefficient (Wildman–Crippen LogP) is 2.10. The number of β-amino-alcohol motifs (C(OH)–C–C–N with tert-alkyl or cyclic N) is 1. The van der Waals surface area contributed by atoms with Crippen LogP contribution in [0.2, 0.25) is 5.02 Å². The van der Waals surface area contributed by atoms with Crippen molar-refractivity contribution in [3.05, 3.63) is 41.4 Å². The van der Waals surface area contributed by atoms with Crippen LogP contribution in [0.15, 0.2) is 34.9 Å². The van der Waals surface area contributed by atoms with Gasteiger partial charge in [-0.2, -0.15) is 0 Å². The average molecular weight is 337 g/mol. The van der Waals surface area contributed by atoms with Gasteiger partial charge in [0.15, 0.2) is 5.76 Å². The van der Waals surface area contributed by atoms with Crippen LogP contribution in [-0.2, 0) is 16.1 Å². The fraction of sp³-hybridized carbons (Fsp3) is 0.375. The van der Waals surface area contributed by atoms with Crippen molar-refractivity contribution in [1.29, 1.82) is 0 Å². The summed E-state index contributed by atoms with van der Waals surface area (Å²) in [4.78, 5) is 17.8. The first kappa shape index (κ1) is 16.0. The highest BCUT2D eigenvalue weighted by atomic mass is 35.5. The van der Waals surface area contributed by atoms with Gasteiger partial charge >= 0.3 is 5.97 Å². The summed E-state index contributed by atoms with van der Waals surface area (Å²) in [5.74, 6) is 0.669. The molecule has 2 atom stereocenters. The van der Waals surface area contributed by atoms with E-state index in [0.29, 0.717) is 36.2 Å². The lowest BCUT2D eigenvalue weighted by Crippen LogP contribution is -2.36. The van der Waals surface area contributed by atoms with Gasteiger partial charge in [-0.05, 0) is 12.1 Å². The summed E-state index contributed by atoms with van der Waals surface area (Å²) >= 11 is 6.15. The first-order valence-corrected chi connectivity index (χ1v) is 7.66. The van der Waals surface area contributed by atoms with E-state index < -0.39 is 12.1 Å². The van der Waals surface area contributed by atoms with Crippen LogP contribution in [-0.4, -0.2) is 46.8 Å². The van der Waals surface area contributed by atoms with Gasteiger partial charge in [0.1, 0.15) is 6.04 Å². The van der Waals surface area contributed by atoms with Crippen LogP contribution < -0.4 is 0 Å². The number of aliphatic hydroxyl groups excluding tert-OH is 1. The molecule has 0 spiro atoms. The Hall–Kier alpha value is -1.89. The van der Waals surface area contributed by atoms with Gasteiger partial charge in [0, 0.05) is 18.5 Å². The molecule has 122 valence electrons. The third-order valence-corrected chi connectivity index (χ3v) is 4.22. The first-order valence-electron chi connectivity index (χ1n) is 7.28. The predicted molar refractivity (Wildman–Crippen MR) is 83.8 cm³/mol. The van der Waals surface area contributed by atoms with Crippen molar-refractivity contribution < 1.29 is 19.1 Å². The van der Waals surface area contributed by atoms with Crippen molar-refractivity contribution in [3.8, 4) is 11.3 Å². The number of methoxy groups -OCH3 is 1. The number of carbonyl (C=O) groups excluding carboxylic acids is 1. The smallest absolute Gasteiger partial charge is 0.323 e. The van der Waals surface area contributed by atoms with E-state index >= 15 is 0 Å². The lowest BCUT2D eigenvalue weighted by atomic mass is 10.2. The Morgan fingerprint density at radius 1 is 1.52 bits per heavy atom. The molecule has 6 nitrogen and oxygen atoms in total. The van der Waals surface area contributed by atoms with Gasteiger partial charge in [0.2, 0.25) is 5.89 Å². The van der Waals surface area contributed by atoms with Crippen molar-refractivity contribution in [2.45, 2.75) is 25.1 Å². The Balaban J connectivity index is 1.76. The van der Waals surface area contributed by atoms with E-state index in [1.165, 1.54) is 7.11 Å². The zero-order valence-electron chi connectivity index (χ0n) is 12.6. The molecule has 0 radical (unpaired) electrons. The average Bonchev–Trinajstić information content (AvgIpc) is 3.14. The first-order chi connectivity index (χ1) is 11.1. The fourth-order valence-corrected chi connectivity index (χ4v) is 3.01. The summed E-state index contributed by atoms with van der Waals surface area (Å²) in [7, 11) is 1.34. The number of rotatable bonds is 4. The molecule has 2 heterocycles. The second kappa shape index (κ2) is 6.70. The number of aromatic nitrogens is 1. The number of nitrogens with zero attached hydrogens (tertiary/aromatic N) is 2. The maximum Gasteiger partial charge on any atom is 0.323 e. The van der Waals surface area contributed by atoms with E-state index in [2.05, 4.69) is 4.98 Å². The molecule has 3 rings (SSSR count).